The number of halogens is 2. The zero-order valence-corrected chi connectivity index (χ0v) is 14.3. The predicted molar refractivity (Wildman–Crippen MR) is 85.6 cm³/mol. The van der Waals surface area contributed by atoms with E-state index < -0.39 is 16.0 Å². The maximum absolute atomic E-state index is 12.2. The Balaban J connectivity index is 2.28. The molecule has 9 heteroatoms. The second kappa shape index (κ2) is 6.35. The lowest BCUT2D eigenvalue weighted by Crippen LogP contribution is -2.11. The van der Waals surface area contributed by atoms with Crippen LogP contribution >= 0.6 is 38.9 Å². The van der Waals surface area contributed by atoms with E-state index in [1.54, 1.807) is 18.2 Å². The molecule has 2 N–H and O–H groups in total. The highest BCUT2D eigenvalue weighted by molar-refractivity contribution is 9.10. The van der Waals surface area contributed by atoms with Gasteiger partial charge in [-0.2, -0.15) is 0 Å². The Morgan fingerprint density at radius 3 is 2.71 bits per heavy atom. The molecule has 2 rings (SSSR count). The summed E-state index contributed by atoms with van der Waals surface area (Å²) in [6.07, 6.45) is -0.210. The molecular formula is C12H9BrClNO4S2. The Kier molecular flexibility index (Phi) is 4.92. The predicted octanol–water partition coefficient (Wildman–Crippen LogP) is 3.59. The van der Waals surface area contributed by atoms with Crippen LogP contribution in [0.5, 0.6) is 0 Å². The number of nitrogens with one attached hydrogen (secondary N) is 1. The molecule has 1 aromatic heterocycles. The summed E-state index contributed by atoms with van der Waals surface area (Å²) in [7, 11) is -3.80. The molecule has 5 nitrogen and oxygen atoms in total. The van der Waals surface area contributed by atoms with Gasteiger partial charge in [-0.15, -0.1) is 11.3 Å². The van der Waals surface area contributed by atoms with Gasteiger partial charge in [0.1, 0.15) is 4.21 Å². The van der Waals surface area contributed by atoms with E-state index in [1.165, 1.54) is 12.1 Å². The van der Waals surface area contributed by atoms with Crippen LogP contribution in [0, 0.1) is 0 Å². The number of carbonyl (C=O) groups is 1. The largest absolute Gasteiger partial charge is 0.481 e. The summed E-state index contributed by atoms with van der Waals surface area (Å²) in [6.45, 7) is 0. The highest BCUT2D eigenvalue weighted by Gasteiger charge is 2.19. The van der Waals surface area contributed by atoms with Crippen molar-refractivity contribution in [2.45, 2.75) is 10.6 Å². The van der Waals surface area contributed by atoms with Gasteiger partial charge in [-0.05, 0) is 30.3 Å². The van der Waals surface area contributed by atoms with Crippen LogP contribution in [0.25, 0.3) is 0 Å². The van der Waals surface area contributed by atoms with Gasteiger partial charge in [-0.25, -0.2) is 8.42 Å². The smallest absolute Gasteiger partial charge is 0.308 e. The Bertz CT molecular complexity index is 788. The van der Waals surface area contributed by atoms with Crippen molar-refractivity contribution in [3.05, 3.63) is 44.7 Å². The minimum atomic E-state index is -3.80. The maximum Gasteiger partial charge on any atom is 0.308 e. The van der Waals surface area contributed by atoms with Gasteiger partial charge in [0.15, 0.2) is 0 Å². The number of sulfonamides is 1. The van der Waals surface area contributed by atoms with Crippen molar-refractivity contribution < 1.29 is 18.3 Å². The number of benzene rings is 1. The molecule has 0 aliphatic carbocycles. The van der Waals surface area contributed by atoms with Gasteiger partial charge in [0, 0.05) is 9.35 Å². The van der Waals surface area contributed by atoms with Crippen molar-refractivity contribution in [3.63, 3.8) is 0 Å². The lowest BCUT2D eigenvalue weighted by atomic mass is 10.3. The van der Waals surface area contributed by atoms with Crippen LogP contribution < -0.4 is 4.72 Å². The van der Waals surface area contributed by atoms with Crippen LogP contribution in [0.3, 0.4) is 0 Å². The van der Waals surface area contributed by atoms with Crippen molar-refractivity contribution in [2.24, 2.45) is 0 Å². The third kappa shape index (κ3) is 4.19. The molecule has 0 spiro atoms. The molecular weight excluding hydrogens is 402 g/mol. The first kappa shape index (κ1) is 16.3. The van der Waals surface area contributed by atoms with Gasteiger partial charge in [0.25, 0.3) is 10.0 Å². The summed E-state index contributed by atoms with van der Waals surface area (Å²) < 4.78 is 27.6. The van der Waals surface area contributed by atoms with E-state index in [2.05, 4.69) is 20.7 Å². The molecule has 0 amide bonds. The second-order valence-corrected chi connectivity index (χ2v) is 8.42. The number of hydrogen-bond acceptors (Lipinski definition) is 4. The minimum Gasteiger partial charge on any atom is -0.481 e. The fraction of sp³-hybridized carbons (Fsp3) is 0.0833. The molecule has 0 atom stereocenters. The van der Waals surface area contributed by atoms with Gasteiger partial charge < -0.3 is 5.11 Å². The average Bonchev–Trinajstić information content (AvgIpc) is 2.82. The van der Waals surface area contributed by atoms with Gasteiger partial charge >= 0.3 is 5.97 Å². The van der Waals surface area contributed by atoms with E-state index in [1.807, 2.05) is 0 Å². The molecule has 21 heavy (non-hydrogen) atoms. The Labute approximate surface area is 138 Å². The highest BCUT2D eigenvalue weighted by atomic mass is 79.9. The molecule has 0 unspecified atom stereocenters. The summed E-state index contributed by atoms with van der Waals surface area (Å²) in [5, 5.41) is 8.97. The maximum atomic E-state index is 12.2. The lowest BCUT2D eigenvalue weighted by molar-refractivity contribution is -0.136. The van der Waals surface area contributed by atoms with Gasteiger partial charge in [-0.3, -0.25) is 9.52 Å². The number of thiophene rings is 1. The van der Waals surface area contributed by atoms with Crippen LogP contribution in [0.1, 0.15) is 4.88 Å². The molecule has 0 radical (unpaired) electrons. The van der Waals surface area contributed by atoms with Crippen LogP contribution in [-0.4, -0.2) is 19.5 Å². The Morgan fingerprint density at radius 1 is 1.33 bits per heavy atom. The normalized spacial score (nSPS) is 11.3. The van der Waals surface area contributed by atoms with Crippen LogP contribution in [0.4, 0.5) is 5.69 Å². The number of hydrogen-bond donors (Lipinski definition) is 2. The van der Waals surface area contributed by atoms with Crippen molar-refractivity contribution in [2.75, 3.05) is 4.72 Å². The topological polar surface area (TPSA) is 83.5 Å². The molecule has 0 aliphatic heterocycles. The second-order valence-electron chi connectivity index (χ2n) is 4.02. The minimum absolute atomic E-state index is 0.0368. The molecule has 0 fully saturated rings. The third-order valence-electron chi connectivity index (χ3n) is 2.40. The van der Waals surface area contributed by atoms with Gasteiger partial charge in [0.2, 0.25) is 0 Å². The average molecular weight is 411 g/mol. The van der Waals surface area contributed by atoms with E-state index in [0.29, 0.717) is 9.35 Å². The van der Waals surface area contributed by atoms with Crippen molar-refractivity contribution in [1.82, 2.24) is 0 Å². The summed E-state index contributed by atoms with van der Waals surface area (Å²) in [5.74, 6) is -1.01. The van der Waals surface area contributed by atoms with Crippen molar-refractivity contribution >= 4 is 60.5 Å². The van der Waals surface area contributed by atoms with Gasteiger partial charge in [-0.1, -0.05) is 27.5 Å². The number of rotatable bonds is 5. The molecule has 1 heterocycles. The molecule has 0 aliphatic rings. The molecule has 112 valence electrons. The highest BCUT2D eigenvalue weighted by Crippen LogP contribution is 2.30. The number of anilines is 1. The lowest BCUT2D eigenvalue weighted by Gasteiger charge is -2.08. The zero-order chi connectivity index (χ0) is 15.6. The molecule has 1 aromatic carbocycles. The summed E-state index contributed by atoms with van der Waals surface area (Å²) >= 11 is 10.1. The fourth-order valence-corrected chi connectivity index (χ4v) is 4.52. The van der Waals surface area contributed by atoms with E-state index in [0.717, 1.165) is 11.3 Å². The number of carboxylic acid groups (broad SMARTS) is 1. The summed E-state index contributed by atoms with van der Waals surface area (Å²) in [5.41, 5.74) is 0.249. The first-order valence-electron chi connectivity index (χ1n) is 5.56. The monoisotopic (exact) mass is 409 g/mol. The van der Waals surface area contributed by atoms with E-state index >= 15 is 0 Å². The van der Waals surface area contributed by atoms with E-state index in [9.17, 15) is 13.2 Å². The fourth-order valence-electron chi connectivity index (χ4n) is 1.52. The SMILES string of the molecule is O=C(O)Cc1ccc(S(=O)(=O)Nc2cc(Br)ccc2Cl)s1. The molecule has 0 saturated heterocycles. The van der Waals surface area contributed by atoms with Crippen LogP contribution in [-0.2, 0) is 21.2 Å². The van der Waals surface area contributed by atoms with Gasteiger partial charge in [0.05, 0.1) is 17.1 Å². The number of aliphatic carboxylic acids is 1. The summed E-state index contributed by atoms with van der Waals surface area (Å²) in [4.78, 5) is 11.1. The van der Waals surface area contributed by atoms with E-state index in [-0.39, 0.29) is 21.3 Å². The standard InChI is InChI=1S/C12H9BrClNO4S2/c13-7-1-3-9(14)10(5-7)15-21(18,19)12-4-2-8(20-12)6-11(16)17/h1-5,15H,6H2,(H,16,17). The van der Waals surface area contributed by atoms with E-state index in [4.69, 9.17) is 16.7 Å². The van der Waals surface area contributed by atoms with Crippen molar-refractivity contribution in [3.8, 4) is 0 Å². The Hall–Kier alpha value is -1.09. The third-order valence-corrected chi connectivity index (χ3v) is 6.17. The quantitative estimate of drug-likeness (QED) is 0.789. The molecule has 0 bridgehead atoms. The first-order valence-corrected chi connectivity index (χ1v) is 9.03. The van der Waals surface area contributed by atoms with Crippen molar-refractivity contribution in [1.29, 1.82) is 0 Å². The number of carboxylic acids is 1. The summed E-state index contributed by atoms with van der Waals surface area (Å²) in [6, 6.07) is 7.66. The van der Waals surface area contributed by atoms with Crippen LogP contribution in [0.15, 0.2) is 39.0 Å². The van der Waals surface area contributed by atoms with Crippen LogP contribution in [0.2, 0.25) is 5.02 Å². The zero-order valence-electron chi connectivity index (χ0n) is 10.3. The molecule has 2 aromatic rings. The molecule has 0 saturated carbocycles. The Morgan fingerprint density at radius 2 is 2.05 bits per heavy atom. The first-order chi connectivity index (χ1) is 9.78.